The summed E-state index contributed by atoms with van der Waals surface area (Å²) in [4.78, 5) is 34.7. The molecule has 0 unspecified atom stereocenters. The molecular weight excluding hydrogens is 380 g/mol. The number of hydrogen-bond donors (Lipinski definition) is 0. The van der Waals surface area contributed by atoms with E-state index in [1.165, 1.54) is 12.8 Å². The number of piperidine rings is 1. The predicted octanol–water partition coefficient (Wildman–Crippen LogP) is 1.54. The number of ether oxygens (including phenoxy) is 1. The summed E-state index contributed by atoms with van der Waals surface area (Å²) < 4.78 is 5.18. The van der Waals surface area contributed by atoms with Gasteiger partial charge in [-0.15, -0.1) is 0 Å². The van der Waals surface area contributed by atoms with Gasteiger partial charge in [-0.1, -0.05) is 0 Å². The molecule has 3 fully saturated rings. The SMILES string of the molecule is COc1ccc(C(=O)N(CC(=O)N2CCN(C3CCN(C)CC3)CC2)C2CC2)cc1. The standard InChI is InChI=1S/C23H34N4O3/c1-24-11-9-19(10-12-24)25-13-15-26(16-14-25)22(28)17-27(20-5-6-20)23(29)18-3-7-21(30-2)8-4-18/h3-4,7-8,19-20H,5-6,9-17H2,1-2H3. The highest BCUT2D eigenvalue weighted by Crippen LogP contribution is 2.29. The topological polar surface area (TPSA) is 56.3 Å². The van der Waals surface area contributed by atoms with Crippen LogP contribution in [0.4, 0.5) is 0 Å². The van der Waals surface area contributed by atoms with Crippen LogP contribution in [0.1, 0.15) is 36.0 Å². The molecule has 2 saturated heterocycles. The minimum absolute atomic E-state index is 0.0570. The quantitative estimate of drug-likeness (QED) is 0.707. The maximum atomic E-state index is 13.0. The van der Waals surface area contributed by atoms with Gasteiger partial charge in [0.2, 0.25) is 5.91 Å². The monoisotopic (exact) mass is 414 g/mol. The lowest BCUT2D eigenvalue weighted by Crippen LogP contribution is -2.55. The van der Waals surface area contributed by atoms with Crippen LogP contribution in [0.5, 0.6) is 5.75 Å². The molecule has 2 aliphatic heterocycles. The number of carbonyl (C=O) groups excluding carboxylic acids is 2. The highest BCUT2D eigenvalue weighted by Gasteiger charge is 2.36. The Bertz CT molecular complexity index is 733. The summed E-state index contributed by atoms with van der Waals surface area (Å²) >= 11 is 0. The second-order valence-electron chi connectivity index (χ2n) is 8.84. The van der Waals surface area contributed by atoms with Crippen LogP contribution in [-0.2, 0) is 4.79 Å². The van der Waals surface area contributed by atoms with E-state index in [1.54, 1.807) is 36.3 Å². The van der Waals surface area contributed by atoms with Crippen molar-refractivity contribution in [2.75, 3.05) is 60.0 Å². The average Bonchev–Trinajstić information content (AvgIpc) is 3.63. The molecular formula is C23H34N4O3. The van der Waals surface area contributed by atoms with Crippen molar-refractivity contribution >= 4 is 11.8 Å². The van der Waals surface area contributed by atoms with Gasteiger partial charge in [-0.3, -0.25) is 14.5 Å². The third-order valence-corrected chi connectivity index (χ3v) is 6.76. The first-order valence-corrected chi connectivity index (χ1v) is 11.2. The number of hydrogen-bond acceptors (Lipinski definition) is 5. The smallest absolute Gasteiger partial charge is 0.254 e. The number of nitrogens with zero attached hydrogens (tertiary/aromatic N) is 4. The summed E-state index contributed by atoms with van der Waals surface area (Å²) in [7, 11) is 3.80. The van der Waals surface area contributed by atoms with Gasteiger partial charge >= 0.3 is 0 Å². The Kier molecular flexibility index (Phi) is 6.58. The fourth-order valence-corrected chi connectivity index (χ4v) is 4.59. The Morgan fingerprint density at radius 1 is 0.967 bits per heavy atom. The Morgan fingerprint density at radius 3 is 2.17 bits per heavy atom. The molecule has 1 aromatic carbocycles. The van der Waals surface area contributed by atoms with Gasteiger partial charge in [0.1, 0.15) is 12.3 Å². The van der Waals surface area contributed by atoms with Crippen molar-refractivity contribution in [2.24, 2.45) is 0 Å². The fraction of sp³-hybridized carbons (Fsp3) is 0.652. The van der Waals surface area contributed by atoms with Gasteiger partial charge < -0.3 is 19.4 Å². The molecule has 0 atom stereocenters. The number of piperazine rings is 1. The van der Waals surface area contributed by atoms with Crippen molar-refractivity contribution in [3.8, 4) is 5.75 Å². The average molecular weight is 415 g/mol. The second kappa shape index (κ2) is 9.35. The van der Waals surface area contributed by atoms with E-state index in [0.717, 1.165) is 57.9 Å². The maximum Gasteiger partial charge on any atom is 0.254 e. The number of likely N-dealkylation sites (tertiary alicyclic amines) is 1. The van der Waals surface area contributed by atoms with Crippen LogP contribution in [0.15, 0.2) is 24.3 Å². The molecule has 1 saturated carbocycles. The molecule has 2 heterocycles. The normalized spacial score (nSPS) is 21.5. The van der Waals surface area contributed by atoms with Crippen molar-refractivity contribution in [2.45, 2.75) is 37.8 Å². The van der Waals surface area contributed by atoms with Crippen LogP contribution in [-0.4, -0.2) is 103 Å². The molecule has 7 nitrogen and oxygen atoms in total. The van der Waals surface area contributed by atoms with Crippen LogP contribution in [0.2, 0.25) is 0 Å². The summed E-state index contributed by atoms with van der Waals surface area (Å²) in [5.74, 6) is 0.744. The van der Waals surface area contributed by atoms with Crippen LogP contribution >= 0.6 is 0 Å². The summed E-state index contributed by atoms with van der Waals surface area (Å²) in [5.41, 5.74) is 0.614. The second-order valence-corrected chi connectivity index (χ2v) is 8.84. The molecule has 0 radical (unpaired) electrons. The molecule has 2 amide bonds. The molecule has 164 valence electrons. The van der Waals surface area contributed by atoms with E-state index in [4.69, 9.17) is 4.74 Å². The largest absolute Gasteiger partial charge is 0.497 e. The molecule has 30 heavy (non-hydrogen) atoms. The van der Waals surface area contributed by atoms with E-state index >= 15 is 0 Å². The minimum atomic E-state index is -0.0570. The van der Waals surface area contributed by atoms with E-state index in [-0.39, 0.29) is 24.4 Å². The fourth-order valence-electron chi connectivity index (χ4n) is 4.59. The van der Waals surface area contributed by atoms with Gasteiger partial charge in [-0.25, -0.2) is 0 Å². The van der Waals surface area contributed by atoms with E-state index in [9.17, 15) is 9.59 Å². The van der Waals surface area contributed by atoms with Crippen molar-refractivity contribution in [3.05, 3.63) is 29.8 Å². The highest BCUT2D eigenvalue weighted by atomic mass is 16.5. The van der Waals surface area contributed by atoms with Crippen molar-refractivity contribution in [1.29, 1.82) is 0 Å². The lowest BCUT2D eigenvalue weighted by Gasteiger charge is -2.42. The van der Waals surface area contributed by atoms with Gasteiger partial charge in [0.15, 0.2) is 0 Å². The number of rotatable bonds is 6. The van der Waals surface area contributed by atoms with E-state index in [0.29, 0.717) is 11.6 Å². The molecule has 1 aliphatic carbocycles. The predicted molar refractivity (Wildman–Crippen MR) is 116 cm³/mol. The van der Waals surface area contributed by atoms with Gasteiger partial charge in [0, 0.05) is 43.8 Å². The van der Waals surface area contributed by atoms with E-state index < -0.39 is 0 Å². The summed E-state index contributed by atoms with van der Waals surface area (Å²) in [5, 5.41) is 0. The Morgan fingerprint density at radius 2 is 1.60 bits per heavy atom. The lowest BCUT2D eigenvalue weighted by atomic mass is 10.0. The van der Waals surface area contributed by atoms with Crippen molar-refractivity contribution in [3.63, 3.8) is 0 Å². The van der Waals surface area contributed by atoms with Crippen LogP contribution in [0.3, 0.4) is 0 Å². The van der Waals surface area contributed by atoms with Gasteiger partial charge in [-0.2, -0.15) is 0 Å². The molecule has 0 spiro atoms. The van der Waals surface area contributed by atoms with Crippen LogP contribution in [0.25, 0.3) is 0 Å². The molecule has 0 aromatic heterocycles. The van der Waals surface area contributed by atoms with Gasteiger partial charge in [-0.05, 0) is 70.1 Å². The first kappa shape index (κ1) is 21.1. The Labute approximate surface area is 179 Å². The van der Waals surface area contributed by atoms with E-state index in [1.807, 2.05) is 4.90 Å². The van der Waals surface area contributed by atoms with E-state index in [2.05, 4.69) is 16.8 Å². The molecule has 7 heteroatoms. The zero-order valence-corrected chi connectivity index (χ0v) is 18.3. The van der Waals surface area contributed by atoms with Crippen LogP contribution in [0, 0.1) is 0 Å². The highest BCUT2D eigenvalue weighted by molar-refractivity contribution is 5.97. The first-order chi connectivity index (χ1) is 14.5. The Hall–Kier alpha value is -2.12. The number of benzene rings is 1. The third-order valence-electron chi connectivity index (χ3n) is 6.76. The Balaban J connectivity index is 1.31. The zero-order chi connectivity index (χ0) is 21.1. The summed E-state index contributed by atoms with van der Waals surface area (Å²) in [6, 6.07) is 8.00. The van der Waals surface area contributed by atoms with Crippen LogP contribution < -0.4 is 4.74 Å². The molecule has 3 aliphatic rings. The minimum Gasteiger partial charge on any atom is -0.497 e. The third kappa shape index (κ3) is 4.95. The number of amides is 2. The molecule has 0 bridgehead atoms. The first-order valence-electron chi connectivity index (χ1n) is 11.2. The maximum absolute atomic E-state index is 13.0. The molecule has 0 N–H and O–H groups in total. The summed E-state index contributed by atoms with van der Waals surface area (Å²) in [6.07, 6.45) is 4.41. The van der Waals surface area contributed by atoms with Gasteiger partial charge in [0.25, 0.3) is 5.91 Å². The van der Waals surface area contributed by atoms with Crippen molar-refractivity contribution in [1.82, 2.24) is 19.6 Å². The lowest BCUT2D eigenvalue weighted by molar-refractivity contribution is -0.134. The van der Waals surface area contributed by atoms with Crippen molar-refractivity contribution < 1.29 is 14.3 Å². The number of carbonyl (C=O) groups is 2. The number of methoxy groups -OCH3 is 1. The molecule has 1 aromatic rings. The summed E-state index contributed by atoms with van der Waals surface area (Å²) in [6.45, 7) is 5.91. The van der Waals surface area contributed by atoms with Gasteiger partial charge in [0.05, 0.1) is 7.11 Å². The molecule has 4 rings (SSSR count). The zero-order valence-electron chi connectivity index (χ0n) is 18.3.